The predicted molar refractivity (Wildman–Crippen MR) is 83.2 cm³/mol. The Hall–Kier alpha value is -1.38. The van der Waals surface area contributed by atoms with Crippen LogP contribution in [0.1, 0.15) is 23.5 Å². The summed E-state index contributed by atoms with van der Waals surface area (Å²) in [6.07, 6.45) is 1.10. The van der Waals surface area contributed by atoms with E-state index in [9.17, 15) is 0 Å². The Morgan fingerprint density at radius 3 is 1.95 bits per heavy atom. The van der Waals surface area contributed by atoms with Crippen molar-refractivity contribution < 1.29 is 4.43 Å². The van der Waals surface area contributed by atoms with Crippen LogP contribution in [-0.2, 0) is 4.43 Å². The van der Waals surface area contributed by atoms with Gasteiger partial charge in [-0.15, -0.1) is 0 Å². The number of benzene rings is 2. The third-order valence-electron chi connectivity index (χ3n) is 3.82. The largest absolute Gasteiger partial charge is 0.421 e. The first-order valence-corrected chi connectivity index (χ1v) is 9.85. The quantitative estimate of drug-likeness (QED) is 0.756. The van der Waals surface area contributed by atoms with E-state index in [4.69, 9.17) is 4.43 Å². The van der Waals surface area contributed by atoms with Crippen molar-refractivity contribution in [1.29, 1.82) is 0 Å². The highest BCUT2D eigenvalue weighted by Crippen LogP contribution is 2.45. The molecule has 0 saturated heterocycles. The minimum absolute atomic E-state index is 0.514. The zero-order valence-electron chi connectivity index (χ0n) is 11.6. The minimum Gasteiger partial charge on any atom is -0.421 e. The van der Waals surface area contributed by atoms with Crippen LogP contribution in [0.25, 0.3) is 11.1 Å². The fourth-order valence-corrected chi connectivity index (χ4v) is 3.60. The Labute approximate surface area is 117 Å². The Bertz CT molecular complexity index is 531. The van der Waals surface area contributed by atoms with Gasteiger partial charge in [0.15, 0.2) is 9.04 Å². The van der Waals surface area contributed by atoms with E-state index >= 15 is 0 Å². The molecular formula is C17H20OSi. The van der Waals surface area contributed by atoms with Crippen LogP contribution in [0.4, 0.5) is 0 Å². The molecule has 19 heavy (non-hydrogen) atoms. The van der Waals surface area contributed by atoms with Gasteiger partial charge in [-0.25, -0.2) is 0 Å². The van der Waals surface area contributed by atoms with Crippen molar-refractivity contribution in [2.24, 2.45) is 0 Å². The second-order valence-electron chi connectivity index (χ2n) is 5.44. The summed E-state index contributed by atoms with van der Waals surface area (Å²) in [6.45, 7) is 5.35. The van der Waals surface area contributed by atoms with Gasteiger partial charge in [-0.3, -0.25) is 0 Å². The SMILES string of the molecule is C[SiH](C)OCCC1c2ccccc2-c2ccccc21. The molecule has 0 heterocycles. The van der Waals surface area contributed by atoms with Crippen LogP contribution in [0.5, 0.6) is 0 Å². The molecule has 0 aromatic heterocycles. The molecular weight excluding hydrogens is 248 g/mol. The summed E-state index contributed by atoms with van der Waals surface area (Å²) in [4.78, 5) is 0. The van der Waals surface area contributed by atoms with Crippen LogP contribution in [0.3, 0.4) is 0 Å². The molecule has 0 unspecified atom stereocenters. The van der Waals surface area contributed by atoms with Crippen molar-refractivity contribution in [3.05, 3.63) is 59.7 Å². The van der Waals surface area contributed by atoms with Gasteiger partial charge in [0.2, 0.25) is 0 Å². The van der Waals surface area contributed by atoms with E-state index in [1.54, 1.807) is 0 Å². The molecule has 0 saturated carbocycles. The van der Waals surface area contributed by atoms with Crippen LogP contribution >= 0.6 is 0 Å². The highest BCUT2D eigenvalue weighted by molar-refractivity contribution is 6.48. The van der Waals surface area contributed by atoms with Crippen molar-refractivity contribution in [3.8, 4) is 11.1 Å². The third-order valence-corrected chi connectivity index (χ3v) is 4.72. The van der Waals surface area contributed by atoms with Gasteiger partial charge < -0.3 is 4.43 Å². The summed E-state index contributed by atoms with van der Waals surface area (Å²) >= 11 is 0. The van der Waals surface area contributed by atoms with Crippen LogP contribution in [0, 0.1) is 0 Å². The van der Waals surface area contributed by atoms with Crippen LogP contribution in [0.15, 0.2) is 48.5 Å². The standard InChI is InChI=1S/C17H20OSi/c1-19(2)18-12-11-17-15-9-5-3-7-13(15)14-8-4-6-10-16(14)17/h3-10,17,19H,11-12H2,1-2H3. The molecule has 0 spiro atoms. The maximum absolute atomic E-state index is 5.87. The molecule has 1 nitrogen and oxygen atoms in total. The van der Waals surface area contributed by atoms with Crippen molar-refractivity contribution >= 4 is 9.04 Å². The van der Waals surface area contributed by atoms with Crippen molar-refractivity contribution in [2.45, 2.75) is 25.4 Å². The Morgan fingerprint density at radius 2 is 1.42 bits per heavy atom. The molecule has 2 aromatic rings. The van der Waals surface area contributed by atoms with Gasteiger partial charge in [-0.2, -0.15) is 0 Å². The third kappa shape index (κ3) is 2.38. The lowest BCUT2D eigenvalue weighted by Crippen LogP contribution is -2.11. The fraction of sp³-hybridized carbons (Fsp3) is 0.294. The van der Waals surface area contributed by atoms with Crippen molar-refractivity contribution in [1.82, 2.24) is 0 Å². The Morgan fingerprint density at radius 1 is 0.895 bits per heavy atom. The highest BCUT2D eigenvalue weighted by atomic mass is 28.3. The smallest absolute Gasteiger partial charge is 0.170 e. The van der Waals surface area contributed by atoms with Crippen molar-refractivity contribution in [3.63, 3.8) is 0 Å². The molecule has 0 amide bonds. The first-order chi connectivity index (χ1) is 9.27. The number of fused-ring (bicyclic) bond motifs is 3. The Balaban J connectivity index is 1.91. The molecule has 0 atom stereocenters. The lowest BCUT2D eigenvalue weighted by molar-refractivity contribution is 0.312. The molecule has 0 N–H and O–H groups in total. The molecule has 2 aromatic carbocycles. The van der Waals surface area contributed by atoms with Gasteiger partial charge in [0.25, 0.3) is 0 Å². The first kappa shape index (κ1) is 12.6. The van der Waals surface area contributed by atoms with Crippen LogP contribution < -0.4 is 0 Å². The average Bonchev–Trinajstić information content (AvgIpc) is 2.74. The molecule has 1 aliphatic carbocycles. The van der Waals surface area contributed by atoms with E-state index in [0.717, 1.165) is 13.0 Å². The van der Waals surface area contributed by atoms with Crippen molar-refractivity contribution in [2.75, 3.05) is 6.61 Å². The Kier molecular flexibility index (Phi) is 3.54. The number of hydrogen-bond acceptors (Lipinski definition) is 1. The summed E-state index contributed by atoms with van der Waals surface area (Å²) in [7, 11) is -0.904. The lowest BCUT2D eigenvalue weighted by Gasteiger charge is -2.14. The van der Waals surface area contributed by atoms with Crippen LogP contribution in [0.2, 0.25) is 13.1 Å². The van der Waals surface area contributed by atoms with Gasteiger partial charge >= 0.3 is 0 Å². The molecule has 2 heteroatoms. The summed E-state index contributed by atoms with van der Waals surface area (Å²) in [5.74, 6) is 0.514. The summed E-state index contributed by atoms with van der Waals surface area (Å²) < 4.78 is 5.87. The maximum Gasteiger partial charge on any atom is 0.170 e. The number of hydrogen-bond donors (Lipinski definition) is 0. The molecule has 0 bridgehead atoms. The lowest BCUT2D eigenvalue weighted by atomic mass is 9.94. The van der Waals surface area contributed by atoms with E-state index in [-0.39, 0.29) is 0 Å². The van der Waals surface area contributed by atoms with E-state index in [1.807, 2.05) is 0 Å². The van der Waals surface area contributed by atoms with Gasteiger partial charge in [-0.05, 0) is 41.8 Å². The molecule has 0 aliphatic heterocycles. The maximum atomic E-state index is 5.87. The fourth-order valence-electron chi connectivity index (χ4n) is 2.99. The molecule has 3 rings (SSSR count). The van der Waals surface area contributed by atoms with E-state index in [0.29, 0.717) is 5.92 Å². The molecule has 0 radical (unpaired) electrons. The molecule has 98 valence electrons. The average molecular weight is 268 g/mol. The van der Waals surface area contributed by atoms with Crippen LogP contribution in [-0.4, -0.2) is 15.6 Å². The predicted octanol–water partition coefficient (Wildman–Crippen LogP) is 4.19. The zero-order chi connectivity index (χ0) is 13.2. The van der Waals surface area contributed by atoms with E-state index in [1.165, 1.54) is 22.3 Å². The highest BCUT2D eigenvalue weighted by Gasteiger charge is 2.27. The van der Waals surface area contributed by atoms with Gasteiger partial charge in [-0.1, -0.05) is 48.5 Å². The van der Waals surface area contributed by atoms with E-state index in [2.05, 4.69) is 61.6 Å². The van der Waals surface area contributed by atoms with Gasteiger partial charge in [0, 0.05) is 12.5 Å². The second-order valence-corrected chi connectivity index (χ2v) is 7.87. The minimum atomic E-state index is -0.904. The second kappa shape index (κ2) is 5.31. The number of rotatable bonds is 4. The monoisotopic (exact) mass is 268 g/mol. The topological polar surface area (TPSA) is 9.23 Å². The van der Waals surface area contributed by atoms with E-state index < -0.39 is 9.04 Å². The first-order valence-electron chi connectivity index (χ1n) is 7.07. The zero-order valence-corrected chi connectivity index (χ0v) is 12.8. The summed E-state index contributed by atoms with van der Waals surface area (Å²) in [6, 6.07) is 17.6. The molecule has 0 fully saturated rings. The van der Waals surface area contributed by atoms with Gasteiger partial charge in [0.1, 0.15) is 0 Å². The summed E-state index contributed by atoms with van der Waals surface area (Å²) in [5, 5.41) is 0. The molecule has 1 aliphatic rings. The summed E-state index contributed by atoms with van der Waals surface area (Å²) in [5.41, 5.74) is 5.75. The normalized spacial score (nSPS) is 13.6. The van der Waals surface area contributed by atoms with Gasteiger partial charge in [0.05, 0.1) is 0 Å².